The van der Waals surface area contributed by atoms with Crippen LogP contribution in [0.5, 0.6) is 69.0 Å². The minimum Gasteiger partial charge on any atom is -0.508 e. The van der Waals surface area contributed by atoms with E-state index in [0.717, 1.165) is 16.7 Å². The lowest BCUT2D eigenvalue weighted by molar-refractivity contribution is 0.207. The molecule has 7 aromatic rings. The summed E-state index contributed by atoms with van der Waals surface area (Å²) in [5, 5.41) is 38.7. The first kappa shape index (κ1) is 43.2. The minimum atomic E-state index is -0.397. The Morgan fingerprint density at radius 3 is 0.873 bits per heavy atom. The van der Waals surface area contributed by atoms with Gasteiger partial charge in [-0.15, -0.1) is 0 Å². The topological polar surface area (TPSA) is 155 Å². The zero-order valence-electron chi connectivity index (χ0n) is 34.4. The van der Waals surface area contributed by atoms with Crippen LogP contribution in [0.25, 0.3) is 0 Å². The van der Waals surface area contributed by atoms with Crippen LogP contribution < -0.4 is 37.9 Å². The molecule has 0 saturated heterocycles. The second-order valence-electron chi connectivity index (χ2n) is 14.0. The molecule has 0 saturated carbocycles. The second kappa shape index (κ2) is 22.1. The van der Waals surface area contributed by atoms with Crippen molar-refractivity contribution in [2.75, 3.05) is 52.9 Å². The Morgan fingerprint density at radius 2 is 0.556 bits per heavy atom. The molecule has 12 nitrogen and oxygen atoms in total. The fraction of sp³-hybridized carbons (Fsp3) is 0.176. The average Bonchev–Trinajstić information content (AvgIpc) is 3.31. The molecule has 63 heavy (non-hydrogen) atoms. The van der Waals surface area contributed by atoms with Crippen molar-refractivity contribution < 1.29 is 58.3 Å². The van der Waals surface area contributed by atoms with Crippen molar-refractivity contribution in [1.82, 2.24) is 0 Å². The number of hydrogen-bond donors (Lipinski definition) is 4. The van der Waals surface area contributed by atoms with Crippen molar-refractivity contribution >= 4 is 0 Å². The smallest absolute Gasteiger partial charge is 0.127 e. The number of ether oxygens (including phenoxy) is 8. The van der Waals surface area contributed by atoms with E-state index < -0.39 is 5.92 Å². The lowest BCUT2D eigenvalue weighted by Crippen LogP contribution is -2.15. The Bertz CT molecular complexity index is 2290. The first-order chi connectivity index (χ1) is 30.9. The van der Waals surface area contributed by atoms with Gasteiger partial charge in [0.2, 0.25) is 0 Å². The molecule has 324 valence electrons. The molecule has 4 N–H and O–H groups in total. The molecule has 7 aromatic carbocycles. The number of benzene rings is 7. The van der Waals surface area contributed by atoms with E-state index in [1.807, 2.05) is 54.6 Å². The highest BCUT2D eigenvalue weighted by molar-refractivity contribution is 5.56. The van der Waals surface area contributed by atoms with Gasteiger partial charge in [-0.3, -0.25) is 0 Å². The van der Waals surface area contributed by atoms with Gasteiger partial charge < -0.3 is 58.3 Å². The van der Waals surface area contributed by atoms with Crippen LogP contribution in [-0.4, -0.2) is 73.3 Å². The molecule has 0 fully saturated rings. The number of phenolic OH excluding ortho intramolecular Hbond substituents is 4. The quantitative estimate of drug-likeness (QED) is 0.0358. The maximum Gasteiger partial charge on any atom is 0.127 e. The van der Waals surface area contributed by atoms with Crippen LogP contribution in [0.4, 0.5) is 0 Å². The normalized spacial score (nSPS) is 10.8. The molecule has 0 aliphatic carbocycles. The van der Waals surface area contributed by atoms with Crippen LogP contribution in [0.1, 0.15) is 22.6 Å². The largest absolute Gasteiger partial charge is 0.508 e. The summed E-state index contributed by atoms with van der Waals surface area (Å²) in [6.07, 6.45) is 0. The third kappa shape index (κ3) is 13.1. The minimum absolute atomic E-state index is 0.146. The molecule has 0 amide bonds. The van der Waals surface area contributed by atoms with Crippen molar-refractivity contribution in [3.63, 3.8) is 0 Å². The van der Waals surface area contributed by atoms with Crippen LogP contribution in [0.15, 0.2) is 164 Å². The highest BCUT2D eigenvalue weighted by Crippen LogP contribution is 2.43. The van der Waals surface area contributed by atoms with Crippen LogP contribution in [-0.2, 0) is 0 Å². The van der Waals surface area contributed by atoms with Gasteiger partial charge in [0, 0.05) is 29.2 Å². The molecule has 0 atom stereocenters. The SMILES string of the molecule is Oc1ccc(OCCOc2ccc(C(c3ccccc3)c3ccc(OCCOc4ccc(O)cc4)cc3OCCOc3ccc(O)cc3)c(OCCOc3ccc(O)cc3)c2)cc1. The highest BCUT2D eigenvalue weighted by Gasteiger charge is 2.25. The maximum absolute atomic E-state index is 9.71. The second-order valence-corrected chi connectivity index (χ2v) is 14.0. The molecule has 0 heterocycles. The van der Waals surface area contributed by atoms with Crippen molar-refractivity contribution in [3.8, 4) is 69.0 Å². The summed E-state index contributed by atoms with van der Waals surface area (Å²) < 4.78 is 48.8. The Morgan fingerprint density at radius 1 is 0.286 bits per heavy atom. The molecule has 12 heteroatoms. The Labute approximate surface area is 365 Å². The fourth-order valence-electron chi connectivity index (χ4n) is 6.54. The van der Waals surface area contributed by atoms with E-state index >= 15 is 0 Å². The Kier molecular flexibility index (Phi) is 15.2. The van der Waals surface area contributed by atoms with Crippen LogP contribution in [0, 0.1) is 0 Å². The molecule has 0 aromatic heterocycles. The van der Waals surface area contributed by atoms with Gasteiger partial charge in [0.15, 0.2) is 0 Å². The molecule has 0 aliphatic heterocycles. The van der Waals surface area contributed by atoms with Gasteiger partial charge >= 0.3 is 0 Å². The van der Waals surface area contributed by atoms with Crippen LogP contribution in [0.3, 0.4) is 0 Å². The zero-order valence-corrected chi connectivity index (χ0v) is 34.4. The van der Waals surface area contributed by atoms with Gasteiger partial charge in [-0.25, -0.2) is 0 Å². The molecular formula is C51H48O12. The first-order valence-electron chi connectivity index (χ1n) is 20.4. The monoisotopic (exact) mass is 852 g/mol. The highest BCUT2D eigenvalue weighted by atomic mass is 16.5. The van der Waals surface area contributed by atoms with E-state index in [-0.39, 0.29) is 75.9 Å². The van der Waals surface area contributed by atoms with Gasteiger partial charge in [0.1, 0.15) is 122 Å². The molecule has 0 radical (unpaired) electrons. The van der Waals surface area contributed by atoms with Gasteiger partial charge in [-0.1, -0.05) is 42.5 Å². The maximum atomic E-state index is 9.71. The fourth-order valence-corrected chi connectivity index (χ4v) is 6.54. The number of phenols is 4. The third-order valence-corrected chi connectivity index (χ3v) is 9.53. The van der Waals surface area contributed by atoms with Gasteiger partial charge in [0.05, 0.1) is 0 Å². The molecule has 7 rings (SSSR count). The summed E-state index contributed by atoms with van der Waals surface area (Å²) in [6, 6.07) is 47.5. The molecular weight excluding hydrogens is 805 g/mol. The predicted octanol–water partition coefficient (Wildman–Crippen LogP) is 9.52. The van der Waals surface area contributed by atoms with E-state index in [4.69, 9.17) is 37.9 Å². The summed E-state index contributed by atoms with van der Waals surface area (Å²) in [5.41, 5.74) is 2.64. The number of rotatable bonds is 23. The van der Waals surface area contributed by atoms with Crippen LogP contribution >= 0.6 is 0 Å². The predicted molar refractivity (Wildman–Crippen MR) is 237 cm³/mol. The summed E-state index contributed by atoms with van der Waals surface area (Å²) in [5.74, 6) is 4.86. The first-order valence-corrected chi connectivity index (χ1v) is 20.4. The summed E-state index contributed by atoms with van der Waals surface area (Å²) in [6.45, 7) is 1.87. The van der Waals surface area contributed by atoms with E-state index in [9.17, 15) is 20.4 Å². The third-order valence-electron chi connectivity index (χ3n) is 9.53. The lowest BCUT2D eigenvalue weighted by Gasteiger charge is -2.25. The Hall–Kier alpha value is -7.86. The molecule has 0 aliphatic rings. The molecule has 0 spiro atoms. The number of hydrogen-bond acceptors (Lipinski definition) is 12. The van der Waals surface area contributed by atoms with E-state index in [1.165, 1.54) is 0 Å². The molecule has 0 unspecified atom stereocenters. The van der Waals surface area contributed by atoms with Gasteiger partial charge in [0.25, 0.3) is 0 Å². The summed E-state index contributed by atoms with van der Waals surface area (Å²) in [7, 11) is 0. The van der Waals surface area contributed by atoms with Crippen molar-refractivity contribution in [3.05, 3.63) is 180 Å². The van der Waals surface area contributed by atoms with Crippen molar-refractivity contribution in [2.24, 2.45) is 0 Å². The average molecular weight is 853 g/mol. The number of aromatic hydroxyl groups is 4. The van der Waals surface area contributed by atoms with E-state index in [2.05, 4.69) is 12.1 Å². The van der Waals surface area contributed by atoms with Gasteiger partial charge in [-0.2, -0.15) is 0 Å². The lowest BCUT2D eigenvalue weighted by atomic mass is 9.84. The molecule has 0 bridgehead atoms. The van der Waals surface area contributed by atoms with E-state index in [0.29, 0.717) is 46.0 Å². The summed E-state index contributed by atoms with van der Waals surface area (Å²) >= 11 is 0. The summed E-state index contributed by atoms with van der Waals surface area (Å²) in [4.78, 5) is 0. The van der Waals surface area contributed by atoms with Crippen LogP contribution in [0.2, 0.25) is 0 Å². The Balaban J connectivity index is 1.15. The van der Waals surface area contributed by atoms with Crippen molar-refractivity contribution in [1.29, 1.82) is 0 Å². The standard InChI is InChI=1S/C51H48O12/c52-37-6-14-41(15-7-37)56-26-28-60-45-22-24-47(49(34-45)62-32-30-58-43-18-10-39(54)11-19-43)51(36-4-2-1-3-5-36)48-25-23-46(61-29-27-57-42-16-8-38(53)9-17-42)35-50(48)63-33-31-59-44-20-12-40(55)13-21-44/h1-25,34-35,51-55H,26-33H2. The van der Waals surface area contributed by atoms with Gasteiger partial charge in [-0.05, 0) is 115 Å². The van der Waals surface area contributed by atoms with Crippen molar-refractivity contribution in [2.45, 2.75) is 5.92 Å². The van der Waals surface area contributed by atoms with E-state index in [1.54, 1.807) is 97.1 Å². The zero-order chi connectivity index (χ0) is 43.6.